The van der Waals surface area contributed by atoms with Crippen molar-refractivity contribution in [3.8, 4) is 66.8 Å². The minimum Gasteiger partial charge on any atom is -0.237 e. The van der Waals surface area contributed by atoms with Gasteiger partial charge in [0, 0.05) is 46.7 Å². The molecule has 264 valence electrons. The van der Waals surface area contributed by atoms with Crippen LogP contribution in [0.3, 0.4) is 0 Å². The molecule has 2 aliphatic rings. The number of hydrogen-bond acceptors (Lipinski definition) is 4. The lowest BCUT2D eigenvalue weighted by Crippen LogP contribution is -1.93. The summed E-state index contributed by atoms with van der Waals surface area (Å²) in [5.74, 6) is 0. The Morgan fingerprint density at radius 2 is 0.759 bits per heavy atom. The largest absolute Gasteiger partial charge is 0.237 e. The molecule has 4 heterocycles. The van der Waals surface area contributed by atoms with Crippen LogP contribution in [0.1, 0.15) is 0 Å². The first-order chi connectivity index (χ1) is 28.7. The zero-order valence-electron chi connectivity index (χ0n) is 31.0. The van der Waals surface area contributed by atoms with Crippen LogP contribution >= 0.6 is 0 Å². The number of aromatic nitrogens is 4. The van der Waals surface area contributed by atoms with E-state index in [4.69, 9.17) is 9.97 Å². The van der Waals surface area contributed by atoms with Gasteiger partial charge < -0.3 is 0 Å². The average molecular weight is 733 g/mol. The minimum atomic E-state index is 0.748. The van der Waals surface area contributed by atoms with Crippen LogP contribution in [0.4, 0.5) is 0 Å². The topological polar surface area (TPSA) is 51.6 Å². The lowest BCUT2D eigenvalue weighted by Gasteiger charge is -2.19. The molecule has 0 bridgehead atoms. The van der Waals surface area contributed by atoms with Gasteiger partial charge in [-0.05, 0) is 170 Å². The highest BCUT2D eigenvalue weighted by Crippen LogP contribution is 2.56. The van der Waals surface area contributed by atoms with E-state index in [0.29, 0.717) is 0 Å². The first kappa shape index (κ1) is 30.4. The van der Waals surface area contributed by atoms with Gasteiger partial charge >= 0.3 is 0 Å². The smallest absolute Gasteiger partial charge is 0.159 e. The van der Waals surface area contributed by atoms with Gasteiger partial charge in [-0.3, -0.25) is 0 Å². The molecule has 2 aliphatic carbocycles. The first-order valence-electron chi connectivity index (χ1n) is 19.8. The summed E-state index contributed by atoms with van der Waals surface area (Å²) in [5.41, 5.74) is 16.2. The fraction of sp³-hybridized carbons (Fsp3) is 0. The van der Waals surface area contributed by atoms with Crippen LogP contribution in [-0.4, -0.2) is 19.9 Å². The van der Waals surface area contributed by atoms with Gasteiger partial charge in [-0.1, -0.05) is 84.9 Å². The number of pyridine rings is 4. The SMILES string of the molecule is c1cnc2ncc(-c3cc4c5cc6c(c(-c7cnc8ncccc8c7)c5ccc4c4cc5c(cc34)-c3cccc4cccc-5c34)-c3cccc4cccc-6c34)cc2c1. The van der Waals surface area contributed by atoms with Gasteiger partial charge in [-0.15, -0.1) is 0 Å². The average Bonchev–Trinajstić information content (AvgIpc) is 3.78. The summed E-state index contributed by atoms with van der Waals surface area (Å²) in [5, 5.41) is 14.5. The molecule has 0 fully saturated rings. The van der Waals surface area contributed by atoms with Gasteiger partial charge in [0.05, 0.1) is 0 Å². The first-order valence-corrected chi connectivity index (χ1v) is 19.8. The third-order valence-corrected chi connectivity index (χ3v) is 12.8. The molecule has 0 atom stereocenters. The highest BCUT2D eigenvalue weighted by atomic mass is 14.8. The van der Waals surface area contributed by atoms with Crippen molar-refractivity contribution >= 4 is 75.9 Å². The number of nitrogens with zero attached hydrogens (tertiary/aromatic N) is 4. The quantitative estimate of drug-likeness (QED) is 0.166. The molecule has 0 aliphatic heterocycles. The Kier molecular flexibility index (Phi) is 5.73. The van der Waals surface area contributed by atoms with E-state index in [1.807, 2.05) is 36.9 Å². The number of fused-ring (bicyclic) bond motifs is 13. The Hall–Kier alpha value is -7.82. The van der Waals surface area contributed by atoms with Gasteiger partial charge in [0.15, 0.2) is 11.3 Å². The van der Waals surface area contributed by atoms with Crippen LogP contribution in [0.2, 0.25) is 0 Å². The van der Waals surface area contributed by atoms with Gasteiger partial charge in [0.25, 0.3) is 0 Å². The van der Waals surface area contributed by atoms with E-state index in [1.54, 1.807) is 0 Å². The van der Waals surface area contributed by atoms with Crippen molar-refractivity contribution in [3.05, 3.63) is 170 Å². The maximum absolute atomic E-state index is 4.91. The third-order valence-electron chi connectivity index (χ3n) is 12.8. The summed E-state index contributed by atoms with van der Waals surface area (Å²) >= 11 is 0. The highest BCUT2D eigenvalue weighted by Gasteiger charge is 2.29. The lowest BCUT2D eigenvalue weighted by atomic mass is 9.84. The lowest BCUT2D eigenvalue weighted by molar-refractivity contribution is 1.29. The summed E-state index contributed by atoms with van der Waals surface area (Å²) in [6, 6.07) is 54.0. The maximum Gasteiger partial charge on any atom is 0.159 e. The van der Waals surface area contributed by atoms with Crippen LogP contribution in [0, 0.1) is 0 Å². The molecule has 0 amide bonds. The highest BCUT2D eigenvalue weighted by molar-refractivity contribution is 6.30. The van der Waals surface area contributed by atoms with E-state index >= 15 is 0 Å². The van der Waals surface area contributed by atoms with E-state index in [2.05, 4.69) is 143 Å². The van der Waals surface area contributed by atoms with E-state index in [0.717, 1.165) is 38.8 Å². The fourth-order valence-corrected chi connectivity index (χ4v) is 10.4. The summed E-state index contributed by atoms with van der Waals surface area (Å²) in [4.78, 5) is 18.9. The molecule has 58 heavy (non-hydrogen) atoms. The second-order valence-electron chi connectivity index (χ2n) is 15.8. The number of rotatable bonds is 2. The Bertz CT molecular complexity index is 3850. The summed E-state index contributed by atoms with van der Waals surface area (Å²) in [6.07, 6.45) is 7.63. The van der Waals surface area contributed by atoms with E-state index < -0.39 is 0 Å². The van der Waals surface area contributed by atoms with Crippen molar-refractivity contribution in [1.29, 1.82) is 0 Å². The molecule has 0 saturated carbocycles. The predicted octanol–water partition coefficient (Wildman–Crippen LogP) is 14.0. The van der Waals surface area contributed by atoms with Crippen molar-refractivity contribution in [3.63, 3.8) is 0 Å². The summed E-state index contributed by atoms with van der Waals surface area (Å²) in [7, 11) is 0. The number of hydrogen-bond donors (Lipinski definition) is 0. The summed E-state index contributed by atoms with van der Waals surface area (Å²) in [6.45, 7) is 0. The van der Waals surface area contributed by atoms with Crippen molar-refractivity contribution in [1.82, 2.24) is 19.9 Å². The van der Waals surface area contributed by atoms with Gasteiger partial charge in [0.2, 0.25) is 0 Å². The minimum absolute atomic E-state index is 0.748. The Balaban J connectivity index is 1.16. The molecule has 0 radical (unpaired) electrons. The molecular weight excluding hydrogens is 705 g/mol. The Labute approximate surface area is 331 Å². The van der Waals surface area contributed by atoms with Crippen molar-refractivity contribution in [2.45, 2.75) is 0 Å². The van der Waals surface area contributed by atoms with Crippen LogP contribution < -0.4 is 0 Å². The van der Waals surface area contributed by atoms with Crippen LogP contribution in [0.15, 0.2) is 170 Å². The molecular formula is C54H28N4. The van der Waals surface area contributed by atoms with E-state index in [-0.39, 0.29) is 0 Å². The Morgan fingerprint density at radius 3 is 1.45 bits per heavy atom. The summed E-state index contributed by atoms with van der Waals surface area (Å²) < 4.78 is 0. The molecule has 4 heteroatoms. The zero-order chi connectivity index (χ0) is 37.6. The second kappa shape index (κ2) is 10.9. The molecule has 12 aromatic rings. The third kappa shape index (κ3) is 3.93. The monoisotopic (exact) mass is 732 g/mol. The standard InChI is InChI=1S/C54H28N4/c1-7-29-8-2-14-37-45-25-47-41(33-21-31-11-5-19-55-53(31)57-27-33)23-42-35(43(47)24-44(45)36(13-1)49(29)37)17-18-39-46(42)26-48-38-15-3-9-30-10-4-16-40(50(30)38)52(48)51(39)34-22-32-12-6-20-56-54(32)58-28-34/h1-28H. The zero-order valence-corrected chi connectivity index (χ0v) is 31.0. The molecule has 4 aromatic heterocycles. The molecule has 0 saturated heterocycles. The molecule has 0 spiro atoms. The van der Waals surface area contributed by atoms with Crippen molar-refractivity contribution < 1.29 is 0 Å². The molecule has 4 nitrogen and oxygen atoms in total. The predicted molar refractivity (Wildman–Crippen MR) is 240 cm³/mol. The number of benzene rings is 8. The molecule has 8 aromatic carbocycles. The van der Waals surface area contributed by atoms with Crippen molar-refractivity contribution in [2.75, 3.05) is 0 Å². The van der Waals surface area contributed by atoms with E-state index in [1.165, 1.54) is 104 Å². The van der Waals surface area contributed by atoms with Crippen molar-refractivity contribution in [2.24, 2.45) is 0 Å². The van der Waals surface area contributed by atoms with Gasteiger partial charge in [-0.25, -0.2) is 19.9 Å². The normalized spacial score (nSPS) is 12.5. The molecule has 0 unspecified atom stereocenters. The van der Waals surface area contributed by atoms with Crippen LogP contribution in [0.5, 0.6) is 0 Å². The van der Waals surface area contributed by atoms with E-state index in [9.17, 15) is 0 Å². The Morgan fingerprint density at radius 1 is 0.276 bits per heavy atom. The molecule has 14 rings (SSSR count). The van der Waals surface area contributed by atoms with Gasteiger partial charge in [0.1, 0.15) is 0 Å². The van der Waals surface area contributed by atoms with Crippen LogP contribution in [-0.2, 0) is 0 Å². The fourth-order valence-electron chi connectivity index (χ4n) is 10.4. The van der Waals surface area contributed by atoms with Crippen LogP contribution in [0.25, 0.3) is 143 Å². The second-order valence-corrected chi connectivity index (χ2v) is 15.8. The molecule has 0 N–H and O–H groups in total. The maximum atomic E-state index is 4.91. The van der Waals surface area contributed by atoms with Gasteiger partial charge in [-0.2, -0.15) is 0 Å².